The van der Waals surface area contributed by atoms with Crippen LogP contribution in [0.4, 0.5) is 0 Å². The molecule has 5 nitrogen and oxygen atoms in total. The van der Waals surface area contributed by atoms with Crippen molar-refractivity contribution in [3.8, 4) is 6.07 Å². The van der Waals surface area contributed by atoms with E-state index in [0.29, 0.717) is 17.4 Å². The molecule has 5 rings (SSSR count). The highest BCUT2D eigenvalue weighted by atomic mass is 16.5. The molecule has 3 saturated heterocycles. The minimum Gasteiger partial charge on any atom is -0.370 e. The van der Waals surface area contributed by atoms with E-state index in [1.165, 1.54) is 6.08 Å². The summed E-state index contributed by atoms with van der Waals surface area (Å²) in [5, 5.41) is 13.0. The molecule has 138 valence electrons. The number of benzene rings is 1. The number of nitrogens with one attached hydrogen (secondary N) is 1. The van der Waals surface area contributed by atoms with Crippen LogP contribution in [-0.2, 0) is 14.3 Å². The number of carbonyl (C=O) groups is 2. The number of ether oxygens (including phenoxy) is 1. The molecule has 4 aliphatic rings. The monoisotopic (exact) mass is 362 g/mol. The number of nitrogens with zero attached hydrogens (tertiary/aromatic N) is 1. The van der Waals surface area contributed by atoms with Crippen LogP contribution in [0.15, 0.2) is 24.3 Å². The Balaban J connectivity index is 1.65. The zero-order valence-electron chi connectivity index (χ0n) is 15.3. The van der Waals surface area contributed by atoms with Crippen molar-refractivity contribution in [2.75, 3.05) is 13.1 Å². The van der Waals surface area contributed by atoms with Crippen LogP contribution in [0.3, 0.4) is 0 Å². The number of aryl methyl sites for hydroxylation is 1. The fraction of sp³-hybridized carbons (Fsp3) is 0.500. The fourth-order valence-electron chi connectivity index (χ4n) is 5.91. The molecule has 6 atom stereocenters. The quantitative estimate of drug-likeness (QED) is 0.834. The highest BCUT2D eigenvalue weighted by Gasteiger charge is 2.64. The largest absolute Gasteiger partial charge is 0.370 e. The molecule has 3 unspecified atom stereocenters. The fourth-order valence-corrected chi connectivity index (χ4v) is 5.91. The molecule has 0 spiro atoms. The number of nitriles is 1. The van der Waals surface area contributed by atoms with Crippen LogP contribution < -0.4 is 5.32 Å². The molecule has 0 saturated carbocycles. The van der Waals surface area contributed by atoms with Gasteiger partial charge in [-0.1, -0.05) is 23.8 Å². The first-order chi connectivity index (χ1) is 13.1. The minimum absolute atomic E-state index is 0.205. The Kier molecular flexibility index (Phi) is 3.65. The Morgan fingerprint density at radius 1 is 1.41 bits per heavy atom. The Morgan fingerprint density at radius 3 is 3.04 bits per heavy atom. The summed E-state index contributed by atoms with van der Waals surface area (Å²) < 4.78 is 6.48. The summed E-state index contributed by atoms with van der Waals surface area (Å²) in [5.74, 6) is -0.771. The highest BCUT2D eigenvalue weighted by molar-refractivity contribution is 6.08. The SMILES string of the molecule is Cc1ccc2c(c1)C([C@@H](C=O)C13CC[C@H](O1)C1CNCC13)=CC(=O)[C@H]2C#N. The zero-order chi connectivity index (χ0) is 18.8. The summed E-state index contributed by atoms with van der Waals surface area (Å²) in [6.07, 6.45) is 4.53. The maximum absolute atomic E-state index is 12.7. The van der Waals surface area contributed by atoms with E-state index in [0.717, 1.165) is 48.9 Å². The van der Waals surface area contributed by atoms with Gasteiger partial charge in [0.15, 0.2) is 5.78 Å². The third-order valence-corrected chi connectivity index (χ3v) is 7.10. The number of aldehydes is 1. The van der Waals surface area contributed by atoms with Crippen molar-refractivity contribution in [3.63, 3.8) is 0 Å². The van der Waals surface area contributed by atoms with Crippen molar-refractivity contribution in [2.45, 2.75) is 37.4 Å². The van der Waals surface area contributed by atoms with Gasteiger partial charge in [-0.05, 0) is 42.5 Å². The number of allylic oxidation sites excluding steroid dienone is 1. The van der Waals surface area contributed by atoms with Crippen molar-refractivity contribution in [1.82, 2.24) is 5.32 Å². The van der Waals surface area contributed by atoms with Crippen LogP contribution in [-0.4, -0.2) is 36.9 Å². The van der Waals surface area contributed by atoms with Crippen molar-refractivity contribution in [3.05, 3.63) is 41.0 Å². The van der Waals surface area contributed by atoms with Gasteiger partial charge in [-0.25, -0.2) is 0 Å². The first-order valence-corrected chi connectivity index (χ1v) is 9.69. The number of carbonyl (C=O) groups excluding carboxylic acids is 2. The van der Waals surface area contributed by atoms with Crippen molar-refractivity contribution >= 4 is 17.6 Å². The van der Waals surface area contributed by atoms with E-state index in [2.05, 4.69) is 11.4 Å². The van der Waals surface area contributed by atoms with Crippen molar-refractivity contribution in [1.29, 1.82) is 5.26 Å². The third-order valence-electron chi connectivity index (χ3n) is 7.10. The Hall–Kier alpha value is -2.29. The van der Waals surface area contributed by atoms with E-state index in [-0.39, 0.29) is 11.9 Å². The van der Waals surface area contributed by atoms with Gasteiger partial charge in [0.1, 0.15) is 12.2 Å². The Labute approximate surface area is 158 Å². The second-order valence-electron chi connectivity index (χ2n) is 8.35. The van der Waals surface area contributed by atoms with Gasteiger partial charge in [0, 0.05) is 24.9 Å². The number of rotatable bonds is 3. The molecule has 3 heterocycles. The van der Waals surface area contributed by atoms with E-state index >= 15 is 0 Å². The number of hydrogen-bond acceptors (Lipinski definition) is 5. The molecule has 27 heavy (non-hydrogen) atoms. The lowest BCUT2D eigenvalue weighted by Gasteiger charge is -2.39. The molecule has 2 bridgehead atoms. The molecular formula is C22H22N2O3. The van der Waals surface area contributed by atoms with Gasteiger partial charge in [0.25, 0.3) is 0 Å². The normalized spacial score (nSPS) is 37.3. The first kappa shape index (κ1) is 16.9. The molecule has 1 aromatic rings. The molecule has 3 aliphatic heterocycles. The molecule has 3 fully saturated rings. The summed E-state index contributed by atoms with van der Waals surface area (Å²) in [6.45, 7) is 3.78. The minimum atomic E-state index is -0.795. The van der Waals surface area contributed by atoms with E-state index in [1.54, 1.807) is 0 Å². The Bertz CT molecular complexity index is 915. The van der Waals surface area contributed by atoms with Gasteiger partial charge >= 0.3 is 0 Å². The van der Waals surface area contributed by atoms with Gasteiger partial charge in [-0.15, -0.1) is 0 Å². The van der Waals surface area contributed by atoms with Crippen LogP contribution in [0.5, 0.6) is 0 Å². The van der Waals surface area contributed by atoms with Crippen LogP contribution in [0.1, 0.15) is 35.4 Å². The molecule has 0 radical (unpaired) electrons. The van der Waals surface area contributed by atoms with Gasteiger partial charge in [-0.3, -0.25) is 4.79 Å². The molecule has 5 heteroatoms. The summed E-state index contributed by atoms with van der Waals surface area (Å²) in [5.41, 5.74) is 2.81. The van der Waals surface area contributed by atoms with Gasteiger partial charge in [0.05, 0.1) is 23.7 Å². The van der Waals surface area contributed by atoms with E-state index < -0.39 is 17.4 Å². The molecule has 0 aromatic heterocycles. The molecule has 1 N–H and O–H groups in total. The van der Waals surface area contributed by atoms with Crippen molar-refractivity contribution < 1.29 is 14.3 Å². The van der Waals surface area contributed by atoms with Crippen LogP contribution >= 0.6 is 0 Å². The summed E-state index contributed by atoms with van der Waals surface area (Å²) >= 11 is 0. The van der Waals surface area contributed by atoms with Gasteiger partial charge in [0.2, 0.25) is 0 Å². The lowest BCUT2D eigenvalue weighted by Crippen LogP contribution is -2.46. The first-order valence-electron chi connectivity index (χ1n) is 9.69. The van der Waals surface area contributed by atoms with Gasteiger partial charge in [-0.2, -0.15) is 5.26 Å². The summed E-state index contributed by atoms with van der Waals surface area (Å²) in [6, 6.07) is 7.89. The van der Waals surface area contributed by atoms with E-state index in [1.807, 2.05) is 25.1 Å². The lowest BCUT2D eigenvalue weighted by molar-refractivity contribution is -0.118. The smallest absolute Gasteiger partial charge is 0.177 e. The number of hydrogen-bond donors (Lipinski definition) is 1. The second kappa shape index (κ2) is 5.85. The summed E-state index contributed by atoms with van der Waals surface area (Å²) in [7, 11) is 0. The predicted octanol–water partition coefficient (Wildman–Crippen LogP) is 2.15. The topological polar surface area (TPSA) is 79.2 Å². The van der Waals surface area contributed by atoms with Crippen LogP contribution in [0, 0.1) is 36.0 Å². The van der Waals surface area contributed by atoms with Gasteiger partial charge < -0.3 is 14.8 Å². The zero-order valence-corrected chi connectivity index (χ0v) is 15.3. The number of fused-ring (bicyclic) bond motifs is 6. The van der Waals surface area contributed by atoms with E-state index in [4.69, 9.17) is 4.74 Å². The predicted molar refractivity (Wildman–Crippen MR) is 98.8 cm³/mol. The molecule has 1 aliphatic carbocycles. The van der Waals surface area contributed by atoms with E-state index in [9.17, 15) is 14.9 Å². The standard InChI is InChI=1S/C22H22N2O3/c1-12-2-3-13-14(6-12)15(7-20(26)16(13)8-23)19(11-25)22-5-4-21(27-22)17-9-24-10-18(17)22/h2-3,6-7,11,16-19,21,24H,4-5,9-10H2,1H3/t16-,17?,18?,19+,21-,22?/m0/s1. The van der Waals surface area contributed by atoms with Crippen LogP contribution in [0.2, 0.25) is 0 Å². The molecular weight excluding hydrogens is 340 g/mol. The third kappa shape index (κ3) is 2.17. The maximum atomic E-state index is 12.7. The average molecular weight is 362 g/mol. The highest BCUT2D eigenvalue weighted by Crippen LogP contribution is 2.58. The summed E-state index contributed by atoms with van der Waals surface area (Å²) in [4.78, 5) is 25.1. The average Bonchev–Trinajstić information content (AvgIpc) is 3.36. The second-order valence-corrected chi connectivity index (χ2v) is 8.35. The number of ketones is 1. The lowest BCUT2D eigenvalue weighted by atomic mass is 9.64. The van der Waals surface area contributed by atoms with Crippen molar-refractivity contribution in [2.24, 2.45) is 17.8 Å². The Morgan fingerprint density at radius 2 is 2.26 bits per heavy atom. The maximum Gasteiger partial charge on any atom is 0.177 e. The van der Waals surface area contributed by atoms with Crippen LogP contribution in [0.25, 0.3) is 5.57 Å². The molecule has 1 aromatic carbocycles. The molecule has 0 amide bonds.